The summed E-state index contributed by atoms with van der Waals surface area (Å²) in [4.78, 5) is 14.1. The summed E-state index contributed by atoms with van der Waals surface area (Å²) in [7, 11) is 1.81. The van der Waals surface area contributed by atoms with Gasteiger partial charge in [-0.25, -0.2) is 9.18 Å². The maximum absolute atomic E-state index is 14.7. The van der Waals surface area contributed by atoms with Crippen LogP contribution in [0.3, 0.4) is 0 Å². The standard InChI is InChI=1S/C23H23FN6O/c1-16(22-28-27-21-10-6-7-13-30(21)22)26-23(31)25-15-17-11-12-20(19(24)14-17)29(2)18-8-4-3-5-9-18/h3-14,16H,15H2,1-2H3,(H2,25,26,31)/t16-/m1/s1. The van der Waals surface area contributed by atoms with Gasteiger partial charge >= 0.3 is 6.03 Å². The molecule has 0 aliphatic heterocycles. The number of rotatable bonds is 6. The van der Waals surface area contributed by atoms with Crippen LogP contribution >= 0.6 is 0 Å². The number of fused-ring (bicyclic) bond motifs is 1. The van der Waals surface area contributed by atoms with E-state index in [9.17, 15) is 9.18 Å². The normalized spacial score (nSPS) is 11.8. The molecular weight excluding hydrogens is 395 g/mol. The monoisotopic (exact) mass is 418 g/mol. The molecule has 31 heavy (non-hydrogen) atoms. The summed E-state index contributed by atoms with van der Waals surface area (Å²) >= 11 is 0. The molecule has 0 saturated carbocycles. The first-order valence-electron chi connectivity index (χ1n) is 9.94. The molecule has 0 spiro atoms. The maximum Gasteiger partial charge on any atom is 0.315 e. The number of halogens is 1. The van der Waals surface area contributed by atoms with Crippen LogP contribution in [0.2, 0.25) is 0 Å². The van der Waals surface area contributed by atoms with Crippen LogP contribution in [-0.4, -0.2) is 27.7 Å². The fraction of sp³-hybridized carbons (Fsp3) is 0.174. The van der Waals surface area contributed by atoms with Gasteiger partial charge in [0, 0.05) is 25.5 Å². The van der Waals surface area contributed by atoms with Gasteiger partial charge < -0.3 is 15.5 Å². The van der Waals surface area contributed by atoms with Gasteiger partial charge in [-0.2, -0.15) is 0 Å². The summed E-state index contributed by atoms with van der Waals surface area (Å²) in [6, 6.07) is 19.4. The molecule has 0 saturated heterocycles. The highest BCUT2D eigenvalue weighted by atomic mass is 19.1. The van der Waals surface area contributed by atoms with E-state index < -0.39 is 0 Å². The third kappa shape index (κ3) is 4.48. The summed E-state index contributed by atoms with van der Waals surface area (Å²) in [5, 5.41) is 13.8. The van der Waals surface area contributed by atoms with Gasteiger partial charge in [0.25, 0.3) is 0 Å². The Kier molecular flexibility index (Phi) is 5.79. The van der Waals surface area contributed by atoms with Gasteiger partial charge in [0.05, 0.1) is 11.7 Å². The van der Waals surface area contributed by atoms with Gasteiger partial charge in [-0.3, -0.25) is 4.40 Å². The number of pyridine rings is 1. The van der Waals surface area contributed by atoms with Crippen molar-refractivity contribution >= 4 is 23.1 Å². The lowest BCUT2D eigenvalue weighted by molar-refractivity contribution is 0.237. The van der Waals surface area contributed by atoms with E-state index in [1.807, 2.05) is 73.1 Å². The van der Waals surface area contributed by atoms with E-state index in [0.717, 1.165) is 5.69 Å². The lowest BCUT2D eigenvalue weighted by Gasteiger charge is -2.20. The van der Waals surface area contributed by atoms with E-state index >= 15 is 0 Å². The number of aromatic nitrogens is 3. The predicted molar refractivity (Wildman–Crippen MR) is 118 cm³/mol. The molecule has 158 valence electrons. The number of benzene rings is 2. The smallest absolute Gasteiger partial charge is 0.315 e. The second-order valence-electron chi connectivity index (χ2n) is 7.22. The van der Waals surface area contributed by atoms with Crippen molar-refractivity contribution in [1.82, 2.24) is 25.2 Å². The molecule has 0 aliphatic carbocycles. The first-order chi connectivity index (χ1) is 15.0. The maximum atomic E-state index is 14.7. The minimum absolute atomic E-state index is 0.200. The van der Waals surface area contributed by atoms with Gasteiger partial charge in [0.1, 0.15) is 5.82 Å². The van der Waals surface area contributed by atoms with Crippen LogP contribution < -0.4 is 15.5 Å². The van der Waals surface area contributed by atoms with Gasteiger partial charge in [0.15, 0.2) is 11.5 Å². The minimum Gasteiger partial charge on any atom is -0.342 e. The van der Waals surface area contributed by atoms with Crippen molar-refractivity contribution in [1.29, 1.82) is 0 Å². The highest BCUT2D eigenvalue weighted by Crippen LogP contribution is 2.26. The molecule has 0 radical (unpaired) electrons. The van der Waals surface area contributed by atoms with Crippen molar-refractivity contribution in [3.05, 3.63) is 90.1 Å². The SMILES string of the molecule is C[C@@H](NC(=O)NCc1ccc(N(C)c2ccccc2)c(F)c1)c1nnc2ccccn12. The van der Waals surface area contributed by atoms with Gasteiger partial charge in [0.2, 0.25) is 0 Å². The number of carbonyl (C=O) groups is 1. The molecule has 0 bridgehead atoms. The van der Waals surface area contributed by atoms with Crippen LogP contribution in [0.1, 0.15) is 24.4 Å². The average molecular weight is 418 g/mol. The Morgan fingerprint density at radius 1 is 1.10 bits per heavy atom. The number of para-hydroxylation sites is 1. The Bertz CT molecular complexity index is 1190. The van der Waals surface area contributed by atoms with Crippen LogP contribution in [-0.2, 0) is 6.54 Å². The van der Waals surface area contributed by atoms with Crippen LogP contribution in [0.25, 0.3) is 5.65 Å². The molecule has 2 N–H and O–H groups in total. The number of hydrogen-bond acceptors (Lipinski definition) is 4. The van der Waals surface area contributed by atoms with Crippen molar-refractivity contribution in [3.63, 3.8) is 0 Å². The summed E-state index contributed by atoms with van der Waals surface area (Å²) in [6.45, 7) is 2.03. The Hall–Kier alpha value is -3.94. The van der Waals surface area contributed by atoms with E-state index in [-0.39, 0.29) is 24.4 Å². The molecule has 7 nitrogen and oxygen atoms in total. The van der Waals surface area contributed by atoms with E-state index in [0.29, 0.717) is 22.7 Å². The Balaban J connectivity index is 1.36. The van der Waals surface area contributed by atoms with Gasteiger partial charge in [-0.1, -0.05) is 30.3 Å². The number of nitrogens with zero attached hydrogens (tertiary/aromatic N) is 4. The highest BCUT2D eigenvalue weighted by Gasteiger charge is 2.16. The molecule has 2 heterocycles. The van der Waals surface area contributed by atoms with E-state index in [1.165, 1.54) is 6.07 Å². The van der Waals surface area contributed by atoms with Crippen molar-refractivity contribution in [3.8, 4) is 0 Å². The van der Waals surface area contributed by atoms with Crippen LogP contribution in [0.4, 0.5) is 20.6 Å². The first-order valence-corrected chi connectivity index (χ1v) is 9.94. The average Bonchev–Trinajstić information content (AvgIpc) is 3.22. The molecule has 1 atom stereocenters. The largest absolute Gasteiger partial charge is 0.342 e. The third-order valence-electron chi connectivity index (χ3n) is 5.05. The Morgan fingerprint density at radius 3 is 2.65 bits per heavy atom. The minimum atomic E-state index is -0.369. The topological polar surface area (TPSA) is 74.6 Å². The number of amides is 2. The van der Waals surface area contributed by atoms with Crippen molar-refractivity contribution in [2.75, 3.05) is 11.9 Å². The molecule has 4 rings (SSSR count). The summed E-state index contributed by atoms with van der Waals surface area (Å²) in [5.41, 5.74) is 2.73. The zero-order valence-corrected chi connectivity index (χ0v) is 17.3. The molecule has 2 amide bonds. The van der Waals surface area contributed by atoms with E-state index in [4.69, 9.17) is 0 Å². The zero-order chi connectivity index (χ0) is 21.8. The number of urea groups is 1. The first kappa shape index (κ1) is 20.3. The highest BCUT2D eigenvalue weighted by molar-refractivity contribution is 5.74. The lowest BCUT2D eigenvalue weighted by Crippen LogP contribution is -2.37. The van der Waals surface area contributed by atoms with Crippen LogP contribution in [0.5, 0.6) is 0 Å². The molecule has 0 aliphatic rings. The number of anilines is 2. The molecule has 8 heteroatoms. The second kappa shape index (κ2) is 8.83. The zero-order valence-electron chi connectivity index (χ0n) is 17.3. The Labute approximate surface area is 179 Å². The van der Waals surface area contributed by atoms with Crippen molar-refractivity contribution in [2.24, 2.45) is 0 Å². The fourth-order valence-corrected chi connectivity index (χ4v) is 3.37. The number of hydrogen-bond donors (Lipinski definition) is 2. The molecule has 2 aromatic heterocycles. The molecule has 2 aromatic carbocycles. The summed E-state index contributed by atoms with van der Waals surface area (Å²) in [5.74, 6) is 0.277. The molecule has 0 fully saturated rings. The third-order valence-corrected chi connectivity index (χ3v) is 5.05. The Morgan fingerprint density at radius 2 is 1.87 bits per heavy atom. The van der Waals surface area contributed by atoms with Crippen molar-refractivity contribution in [2.45, 2.75) is 19.5 Å². The number of carbonyl (C=O) groups excluding carboxylic acids is 1. The van der Waals surface area contributed by atoms with E-state index in [1.54, 1.807) is 17.0 Å². The lowest BCUT2D eigenvalue weighted by atomic mass is 10.1. The second-order valence-corrected chi connectivity index (χ2v) is 7.22. The quantitative estimate of drug-likeness (QED) is 0.492. The summed E-state index contributed by atoms with van der Waals surface area (Å²) in [6.07, 6.45) is 1.84. The number of nitrogens with one attached hydrogen (secondary N) is 2. The van der Waals surface area contributed by atoms with Gasteiger partial charge in [-0.05, 0) is 48.9 Å². The van der Waals surface area contributed by atoms with Crippen molar-refractivity contribution < 1.29 is 9.18 Å². The predicted octanol–water partition coefficient (Wildman–Crippen LogP) is 4.20. The van der Waals surface area contributed by atoms with Crippen LogP contribution in [0.15, 0.2) is 72.9 Å². The van der Waals surface area contributed by atoms with Crippen LogP contribution in [0, 0.1) is 5.82 Å². The molecule has 4 aromatic rings. The summed E-state index contributed by atoms with van der Waals surface area (Å²) < 4.78 is 16.5. The van der Waals surface area contributed by atoms with Gasteiger partial charge in [-0.15, -0.1) is 10.2 Å². The molecule has 0 unspecified atom stereocenters. The molecular formula is C23H23FN6O. The van der Waals surface area contributed by atoms with E-state index in [2.05, 4.69) is 20.8 Å². The fourth-order valence-electron chi connectivity index (χ4n) is 3.37.